The second kappa shape index (κ2) is 7.82. The van der Waals surface area contributed by atoms with Crippen molar-refractivity contribution in [2.75, 3.05) is 26.0 Å². The van der Waals surface area contributed by atoms with Gasteiger partial charge in [-0.25, -0.2) is 4.79 Å². The fraction of sp³-hybridized carbons (Fsp3) is 0.632. The van der Waals surface area contributed by atoms with E-state index in [1.165, 1.54) is 12.8 Å². The van der Waals surface area contributed by atoms with E-state index in [0.29, 0.717) is 6.54 Å². The standard InChI is InChI=1S/C19H31N3O/c1-5-16-10-6-7-11-17(16)21-18(23)20-14-19(22(3)4)12-8-9-15(2)13-19/h6-7,10-11,15H,5,8-9,12-14H2,1-4H3,(H2,20,21,23). The van der Waals surface area contributed by atoms with Gasteiger partial charge in [0.2, 0.25) is 0 Å². The van der Waals surface area contributed by atoms with Gasteiger partial charge in [-0.3, -0.25) is 0 Å². The zero-order valence-corrected chi connectivity index (χ0v) is 15.0. The van der Waals surface area contributed by atoms with Crippen LogP contribution in [0.4, 0.5) is 10.5 Å². The van der Waals surface area contributed by atoms with E-state index in [1.54, 1.807) is 0 Å². The van der Waals surface area contributed by atoms with Crippen molar-refractivity contribution in [3.05, 3.63) is 29.8 Å². The summed E-state index contributed by atoms with van der Waals surface area (Å²) >= 11 is 0. The Kier molecular flexibility index (Phi) is 6.05. The van der Waals surface area contributed by atoms with Crippen LogP contribution in [0.5, 0.6) is 0 Å². The SMILES string of the molecule is CCc1ccccc1NC(=O)NCC1(N(C)C)CCCC(C)C1. The van der Waals surface area contributed by atoms with Gasteiger partial charge in [0, 0.05) is 17.8 Å². The van der Waals surface area contributed by atoms with E-state index in [4.69, 9.17) is 0 Å². The van der Waals surface area contributed by atoms with Gasteiger partial charge in [0.15, 0.2) is 0 Å². The average molecular weight is 317 g/mol. The molecule has 0 radical (unpaired) electrons. The Bertz CT molecular complexity index is 529. The molecular formula is C19H31N3O. The molecule has 2 unspecified atom stereocenters. The van der Waals surface area contributed by atoms with Crippen LogP contribution in [0.15, 0.2) is 24.3 Å². The summed E-state index contributed by atoms with van der Waals surface area (Å²) in [6.45, 7) is 5.11. The molecule has 0 aliphatic heterocycles. The molecule has 1 saturated carbocycles. The number of aryl methyl sites for hydroxylation is 1. The predicted molar refractivity (Wildman–Crippen MR) is 96.9 cm³/mol. The van der Waals surface area contributed by atoms with Crippen molar-refractivity contribution in [2.45, 2.75) is 51.5 Å². The summed E-state index contributed by atoms with van der Waals surface area (Å²) in [7, 11) is 4.26. The Morgan fingerprint density at radius 2 is 2.09 bits per heavy atom. The van der Waals surface area contributed by atoms with Crippen LogP contribution >= 0.6 is 0 Å². The molecule has 1 aromatic rings. The average Bonchev–Trinajstić information content (AvgIpc) is 2.53. The number of rotatable bonds is 5. The molecule has 0 heterocycles. The molecule has 1 aromatic carbocycles. The van der Waals surface area contributed by atoms with Gasteiger partial charge in [-0.05, 0) is 50.9 Å². The maximum atomic E-state index is 12.3. The smallest absolute Gasteiger partial charge is 0.319 e. The number of benzene rings is 1. The first-order chi connectivity index (χ1) is 11.0. The van der Waals surface area contributed by atoms with Crippen molar-refractivity contribution in [1.29, 1.82) is 0 Å². The summed E-state index contributed by atoms with van der Waals surface area (Å²) in [5.41, 5.74) is 2.15. The number of amides is 2. The summed E-state index contributed by atoms with van der Waals surface area (Å²) in [4.78, 5) is 14.6. The molecule has 1 fully saturated rings. The largest absolute Gasteiger partial charge is 0.336 e. The van der Waals surface area contributed by atoms with Crippen molar-refractivity contribution < 1.29 is 4.79 Å². The summed E-state index contributed by atoms with van der Waals surface area (Å²) in [5, 5.41) is 6.10. The highest BCUT2D eigenvalue weighted by atomic mass is 16.2. The van der Waals surface area contributed by atoms with Crippen molar-refractivity contribution in [3.8, 4) is 0 Å². The van der Waals surface area contributed by atoms with Gasteiger partial charge < -0.3 is 15.5 Å². The number of carbonyl (C=O) groups is 1. The maximum Gasteiger partial charge on any atom is 0.319 e. The van der Waals surface area contributed by atoms with Gasteiger partial charge in [0.05, 0.1) is 0 Å². The number of hydrogen-bond donors (Lipinski definition) is 2. The molecular weight excluding hydrogens is 286 g/mol. The Hall–Kier alpha value is -1.55. The monoisotopic (exact) mass is 317 g/mol. The lowest BCUT2D eigenvalue weighted by molar-refractivity contribution is 0.0779. The Morgan fingerprint density at radius 3 is 2.74 bits per heavy atom. The number of nitrogens with one attached hydrogen (secondary N) is 2. The molecule has 4 nitrogen and oxygen atoms in total. The second-order valence-corrected chi connectivity index (χ2v) is 7.14. The second-order valence-electron chi connectivity index (χ2n) is 7.14. The highest BCUT2D eigenvalue weighted by molar-refractivity contribution is 5.90. The maximum absolute atomic E-state index is 12.3. The third kappa shape index (κ3) is 4.47. The Balaban J connectivity index is 1.97. The first-order valence-corrected chi connectivity index (χ1v) is 8.77. The van der Waals surface area contributed by atoms with Crippen LogP contribution in [0.25, 0.3) is 0 Å². The van der Waals surface area contributed by atoms with Gasteiger partial charge in [0.25, 0.3) is 0 Å². The minimum absolute atomic E-state index is 0.0826. The minimum Gasteiger partial charge on any atom is -0.336 e. The molecule has 0 spiro atoms. The van der Waals surface area contributed by atoms with Gasteiger partial charge in [-0.2, -0.15) is 0 Å². The van der Waals surface area contributed by atoms with Crippen LogP contribution in [0.2, 0.25) is 0 Å². The third-order valence-electron chi connectivity index (χ3n) is 5.24. The lowest BCUT2D eigenvalue weighted by Gasteiger charge is -2.45. The summed E-state index contributed by atoms with van der Waals surface area (Å²) in [6.07, 6.45) is 5.74. The van der Waals surface area contributed by atoms with Gasteiger partial charge in [-0.15, -0.1) is 0 Å². The number of likely N-dealkylation sites (N-methyl/N-ethyl adjacent to an activating group) is 1. The Morgan fingerprint density at radius 1 is 1.35 bits per heavy atom. The van der Waals surface area contributed by atoms with E-state index in [1.807, 2.05) is 18.2 Å². The zero-order valence-electron chi connectivity index (χ0n) is 15.0. The number of anilines is 1. The van der Waals surface area contributed by atoms with Crippen LogP contribution in [0.3, 0.4) is 0 Å². The number of para-hydroxylation sites is 1. The van der Waals surface area contributed by atoms with E-state index < -0.39 is 0 Å². The summed E-state index contributed by atoms with van der Waals surface area (Å²) in [5.74, 6) is 0.719. The van der Waals surface area contributed by atoms with E-state index in [9.17, 15) is 4.79 Å². The third-order valence-corrected chi connectivity index (χ3v) is 5.24. The first-order valence-electron chi connectivity index (χ1n) is 8.77. The molecule has 23 heavy (non-hydrogen) atoms. The van der Waals surface area contributed by atoms with Crippen molar-refractivity contribution in [3.63, 3.8) is 0 Å². The lowest BCUT2D eigenvalue weighted by Crippen LogP contribution is -2.55. The van der Waals surface area contributed by atoms with Crippen LogP contribution in [0, 0.1) is 5.92 Å². The molecule has 0 aromatic heterocycles. The van der Waals surface area contributed by atoms with Crippen LogP contribution in [0.1, 0.15) is 45.1 Å². The molecule has 0 bridgehead atoms. The minimum atomic E-state index is -0.106. The topological polar surface area (TPSA) is 44.4 Å². The van der Waals surface area contributed by atoms with Gasteiger partial charge in [-0.1, -0.05) is 44.9 Å². The fourth-order valence-electron chi connectivity index (χ4n) is 3.72. The molecule has 2 amide bonds. The Labute approximate surface area is 140 Å². The number of carbonyl (C=O) groups excluding carboxylic acids is 1. The number of urea groups is 1. The van der Waals surface area contributed by atoms with E-state index >= 15 is 0 Å². The molecule has 4 heteroatoms. The number of hydrogen-bond acceptors (Lipinski definition) is 2. The van der Waals surface area contributed by atoms with Crippen molar-refractivity contribution >= 4 is 11.7 Å². The van der Waals surface area contributed by atoms with E-state index in [0.717, 1.165) is 36.4 Å². The van der Waals surface area contributed by atoms with Crippen LogP contribution in [-0.4, -0.2) is 37.1 Å². The highest BCUT2D eigenvalue weighted by Gasteiger charge is 2.37. The molecule has 2 atom stereocenters. The van der Waals surface area contributed by atoms with Crippen LogP contribution < -0.4 is 10.6 Å². The molecule has 2 rings (SSSR count). The molecule has 0 saturated heterocycles. The summed E-state index contributed by atoms with van der Waals surface area (Å²) < 4.78 is 0. The molecule has 128 valence electrons. The molecule has 1 aliphatic carbocycles. The summed E-state index contributed by atoms with van der Waals surface area (Å²) in [6, 6.07) is 7.87. The lowest BCUT2D eigenvalue weighted by atomic mass is 9.75. The van der Waals surface area contributed by atoms with Crippen LogP contribution in [-0.2, 0) is 6.42 Å². The number of nitrogens with zero attached hydrogens (tertiary/aromatic N) is 1. The van der Waals surface area contributed by atoms with E-state index in [2.05, 4.69) is 49.5 Å². The fourth-order valence-corrected chi connectivity index (χ4v) is 3.72. The van der Waals surface area contributed by atoms with Crippen molar-refractivity contribution in [1.82, 2.24) is 10.2 Å². The predicted octanol–water partition coefficient (Wildman–Crippen LogP) is 3.88. The zero-order chi connectivity index (χ0) is 16.9. The quantitative estimate of drug-likeness (QED) is 0.865. The molecule has 1 aliphatic rings. The van der Waals surface area contributed by atoms with E-state index in [-0.39, 0.29) is 11.6 Å². The highest BCUT2D eigenvalue weighted by Crippen LogP contribution is 2.35. The molecule has 2 N–H and O–H groups in total. The van der Waals surface area contributed by atoms with Gasteiger partial charge >= 0.3 is 6.03 Å². The first kappa shape index (κ1) is 17.8. The van der Waals surface area contributed by atoms with Crippen molar-refractivity contribution in [2.24, 2.45) is 5.92 Å². The van der Waals surface area contributed by atoms with Gasteiger partial charge in [0.1, 0.15) is 0 Å². The normalized spacial score (nSPS) is 24.5.